The number of likely N-dealkylation sites (tertiary alicyclic amines) is 1. The van der Waals surface area contributed by atoms with Gasteiger partial charge in [0.15, 0.2) is 0 Å². The summed E-state index contributed by atoms with van der Waals surface area (Å²) < 4.78 is 11.0. The van der Waals surface area contributed by atoms with Crippen LogP contribution in [0.2, 0.25) is 0 Å². The molecule has 35 heavy (non-hydrogen) atoms. The van der Waals surface area contributed by atoms with E-state index < -0.39 is 17.7 Å². The smallest absolute Gasteiger partial charge is 0.295 e. The largest absolute Gasteiger partial charge is 0.507 e. The average molecular weight is 481 g/mol. The van der Waals surface area contributed by atoms with Gasteiger partial charge in [-0.05, 0) is 67.9 Å². The van der Waals surface area contributed by atoms with E-state index >= 15 is 0 Å². The zero-order valence-electron chi connectivity index (χ0n) is 21.3. The number of carbonyl (C=O) groups excluding carboxylic acids is 2. The van der Waals surface area contributed by atoms with E-state index in [0.29, 0.717) is 31.0 Å². The molecular weight excluding hydrogens is 444 g/mol. The van der Waals surface area contributed by atoms with Crippen LogP contribution in [0.5, 0.6) is 11.5 Å². The SMILES string of the molecule is CCCOc1ccc(/C(O)=C2\C(=O)C(=O)N(CCN(CC)CC)C2c2ccc(OC)cc2)cc1C. The van der Waals surface area contributed by atoms with Crippen LogP contribution in [0.4, 0.5) is 0 Å². The van der Waals surface area contributed by atoms with E-state index in [1.165, 1.54) is 0 Å². The highest BCUT2D eigenvalue weighted by Gasteiger charge is 2.46. The molecule has 1 unspecified atom stereocenters. The lowest BCUT2D eigenvalue weighted by Crippen LogP contribution is -2.38. The van der Waals surface area contributed by atoms with Crippen LogP contribution in [-0.2, 0) is 9.59 Å². The second-order valence-electron chi connectivity index (χ2n) is 8.62. The van der Waals surface area contributed by atoms with Crippen molar-refractivity contribution in [1.29, 1.82) is 0 Å². The van der Waals surface area contributed by atoms with Crippen molar-refractivity contribution in [3.8, 4) is 11.5 Å². The third-order valence-electron chi connectivity index (χ3n) is 6.43. The fraction of sp³-hybridized carbons (Fsp3) is 0.429. The molecule has 0 saturated carbocycles. The van der Waals surface area contributed by atoms with Crippen molar-refractivity contribution in [2.75, 3.05) is 39.9 Å². The maximum absolute atomic E-state index is 13.2. The Labute approximate surface area is 207 Å². The van der Waals surface area contributed by atoms with Gasteiger partial charge in [0.05, 0.1) is 25.3 Å². The van der Waals surface area contributed by atoms with Gasteiger partial charge in [-0.1, -0.05) is 32.9 Å². The van der Waals surface area contributed by atoms with Crippen molar-refractivity contribution in [1.82, 2.24) is 9.80 Å². The van der Waals surface area contributed by atoms with E-state index in [4.69, 9.17) is 9.47 Å². The molecule has 0 aliphatic carbocycles. The van der Waals surface area contributed by atoms with Gasteiger partial charge in [0, 0.05) is 18.7 Å². The molecule has 1 amide bonds. The number of ether oxygens (including phenoxy) is 2. The van der Waals surface area contributed by atoms with E-state index in [1.807, 2.05) is 26.0 Å². The Morgan fingerprint density at radius 1 is 1.06 bits per heavy atom. The first-order valence-corrected chi connectivity index (χ1v) is 12.2. The minimum atomic E-state index is -0.687. The van der Waals surface area contributed by atoms with E-state index in [2.05, 4.69) is 18.7 Å². The molecule has 0 radical (unpaired) electrons. The van der Waals surface area contributed by atoms with E-state index in [9.17, 15) is 14.7 Å². The molecule has 0 spiro atoms. The van der Waals surface area contributed by atoms with Gasteiger partial charge in [-0.25, -0.2) is 0 Å². The summed E-state index contributed by atoms with van der Waals surface area (Å²) in [5.74, 6) is -0.0486. The van der Waals surface area contributed by atoms with Crippen molar-refractivity contribution in [2.24, 2.45) is 0 Å². The molecule has 3 rings (SSSR count). The normalized spacial score (nSPS) is 17.3. The predicted octanol–water partition coefficient (Wildman–Crippen LogP) is 4.56. The van der Waals surface area contributed by atoms with Gasteiger partial charge in [0.1, 0.15) is 17.3 Å². The third-order valence-corrected chi connectivity index (χ3v) is 6.43. The summed E-state index contributed by atoms with van der Waals surface area (Å²) in [6.07, 6.45) is 0.889. The zero-order valence-corrected chi connectivity index (χ0v) is 21.3. The standard InChI is InChI=1S/C28H36N2O5/c1-6-17-35-23-14-11-21(18-19(23)4)26(31)24-25(20-9-12-22(34-5)13-10-20)30(28(33)27(24)32)16-15-29(7-2)8-3/h9-14,18,25,31H,6-8,15-17H2,1-5H3/b26-24+. The molecule has 1 saturated heterocycles. The van der Waals surface area contributed by atoms with Crippen LogP contribution in [0.3, 0.4) is 0 Å². The molecule has 188 valence electrons. The minimum absolute atomic E-state index is 0.0985. The highest BCUT2D eigenvalue weighted by Crippen LogP contribution is 2.40. The van der Waals surface area contributed by atoms with Crippen LogP contribution in [-0.4, -0.2) is 66.5 Å². The number of nitrogens with zero attached hydrogens (tertiary/aromatic N) is 2. The Hall–Kier alpha value is -3.32. The van der Waals surface area contributed by atoms with Crippen LogP contribution >= 0.6 is 0 Å². The van der Waals surface area contributed by atoms with Gasteiger partial charge >= 0.3 is 0 Å². The first kappa shape index (κ1) is 26.3. The molecule has 1 fully saturated rings. The number of methoxy groups -OCH3 is 1. The Kier molecular flexibility index (Phi) is 8.93. The van der Waals surface area contributed by atoms with Crippen molar-refractivity contribution in [3.63, 3.8) is 0 Å². The predicted molar refractivity (Wildman–Crippen MR) is 137 cm³/mol. The van der Waals surface area contributed by atoms with E-state index in [0.717, 1.165) is 36.4 Å². The molecule has 2 aromatic rings. The molecule has 1 heterocycles. The molecule has 1 atom stereocenters. The molecule has 1 aliphatic heterocycles. The van der Waals surface area contributed by atoms with Gasteiger partial charge in [0.25, 0.3) is 11.7 Å². The molecule has 1 N–H and O–H groups in total. The Balaban J connectivity index is 2.07. The minimum Gasteiger partial charge on any atom is -0.507 e. The molecule has 0 aromatic heterocycles. The number of rotatable bonds is 11. The van der Waals surface area contributed by atoms with Crippen LogP contribution in [0, 0.1) is 6.92 Å². The summed E-state index contributed by atoms with van der Waals surface area (Å²) in [5.41, 5.74) is 2.16. The maximum atomic E-state index is 13.2. The first-order valence-electron chi connectivity index (χ1n) is 12.2. The summed E-state index contributed by atoms with van der Waals surface area (Å²) in [4.78, 5) is 30.2. The van der Waals surface area contributed by atoms with Crippen molar-refractivity contribution < 1.29 is 24.2 Å². The zero-order chi connectivity index (χ0) is 25.5. The summed E-state index contributed by atoms with van der Waals surface area (Å²) in [6.45, 7) is 11.4. The number of hydrogen-bond donors (Lipinski definition) is 1. The number of amides is 1. The number of carbonyl (C=O) groups is 2. The number of aryl methyl sites for hydroxylation is 1. The maximum Gasteiger partial charge on any atom is 0.295 e. The average Bonchev–Trinajstić information content (AvgIpc) is 3.13. The van der Waals surface area contributed by atoms with Crippen molar-refractivity contribution in [3.05, 3.63) is 64.7 Å². The lowest BCUT2D eigenvalue weighted by atomic mass is 9.94. The van der Waals surface area contributed by atoms with Crippen LogP contribution in [0.15, 0.2) is 48.0 Å². The molecular formula is C28H36N2O5. The van der Waals surface area contributed by atoms with E-state index in [-0.39, 0.29) is 11.3 Å². The molecule has 7 nitrogen and oxygen atoms in total. The Bertz CT molecular complexity index is 1070. The summed E-state index contributed by atoms with van der Waals surface area (Å²) >= 11 is 0. The number of Topliss-reactive ketones (excluding diaryl/α,β-unsaturated/α-hetero) is 1. The number of ketones is 1. The molecule has 1 aliphatic rings. The monoisotopic (exact) mass is 480 g/mol. The van der Waals surface area contributed by atoms with E-state index in [1.54, 1.807) is 42.3 Å². The number of benzene rings is 2. The second kappa shape index (κ2) is 11.9. The van der Waals surface area contributed by atoms with Crippen LogP contribution < -0.4 is 9.47 Å². The highest BCUT2D eigenvalue weighted by atomic mass is 16.5. The second-order valence-corrected chi connectivity index (χ2v) is 8.62. The quantitative estimate of drug-likeness (QED) is 0.289. The summed E-state index contributed by atoms with van der Waals surface area (Å²) in [5, 5.41) is 11.3. The lowest BCUT2D eigenvalue weighted by molar-refractivity contribution is -0.140. The van der Waals surface area contributed by atoms with Gasteiger partial charge in [-0.2, -0.15) is 0 Å². The van der Waals surface area contributed by atoms with Crippen molar-refractivity contribution in [2.45, 2.75) is 40.2 Å². The summed E-state index contributed by atoms with van der Waals surface area (Å²) in [6, 6.07) is 11.9. The Morgan fingerprint density at radius 3 is 2.31 bits per heavy atom. The number of hydrogen-bond acceptors (Lipinski definition) is 6. The van der Waals surface area contributed by atoms with Gasteiger partial charge in [-0.15, -0.1) is 0 Å². The number of aliphatic hydroxyl groups excluding tert-OH is 1. The summed E-state index contributed by atoms with van der Waals surface area (Å²) in [7, 11) is 1.58. The number of aliphatic hydroxyl groups is 1. The lowest BCUT2D eigenvalue weighted by Gasteiger charge is -2.28. The van der Waals surface area contributed by atoms with Gasteiger partial charge < -0.3 is 24.4 Å². The molecule has 7 heteroatoms. The topological polar surface area (TPSA) is 79.3 Å². The van der Waals surface area contributed by atoms with Gasteiger partial charge in [0.2, 0.25) is 0 Å². The first-order chi connectivity index (χ1) is 16.9. The van der Waals surface area contributed by atoms with Crippen molar-refractivity contribution >= 4 is 17.4 Å². The third kappa shape index (κ3) is 5.68. The molecule has 0 bridgehead atoms. The fourth-order valence-electron chi connectivity index (χ4n) is 4.36. The highest BCUT2D eigenvalue weighted by molar-refractivity contribution is 6.46. The molecule has 2 aromatic carbocycles. The van der Waals surface area contributed by atoms with Crippen LogP contribution in [0.1, 0.15) is 49.9 Å². The Morgan fingerprint density at radius 2 is 1.74 bits per heavy atom. The van der Waals surface area contributed by atoms with Crippen LogP contribution in [0.25, 0.3) is 5.76 Å². The number of likely N-dealkylation sites (N-methyl/N-ethyl adjacent to an activating group) is 1. The fourth-order valence-corrected chi connectivity index (χ4v) is 4.36. The van der Waals surface area contributed by atoms with Gasteiger partial charge in [-0.3, -0.25) is 9.59 Å².